The molecule has 0 spiro atoms. The van der Waals surface area contributed by atoms with Gasteiger partial charge in [-0.3, -0.25) is 4.79 Å². The van der Waals surface area contributed by atoms with Crippen molar-refractivity contribution in [2.75, 3.05) is 6.61 Å². The predicted molar refractivity (Wildman–Crippen MR) is 138 cm³/mol. The highest BCUT2D eigenvalue weighted by Crippen LogP contribution is 2.32. The Morgan fingerprint density at radius 2 is 1.94 bits per heavy atom. The molecule has 0 saturated carbocycles. The summed E-state index contributed by atoms with van der Waals surface area (Å²) in [5.74, 6) is -0.304. The number of nitrogens with two attached hydrogens (primary N) is 1. The van der Waals surface area contributed by atoms with Gasteiger partial charge in [0.05, 0.1) is 17.3 Å². The van der Waals surface area contributed by atoms with E-state index in [0.29, 0.717) is 16.9 Å². The Hall–Kier alpha value is -3.63. The van der Waals surface area contributed by atoms with Crippen molar-refractivity contribution >= 4 is 28.0 Å². The van der Waals surface area contributed by atoms with Gasteiger partial charge in [-0.1, -0.05) is 32.0 Å². The molecule has 3 aromatic heterocycles. The van der Waals surface area contributed by atoms with Crippen molar-refractivity contribution in [2.24, 2.45) is 5.14 Å². The molecule has 188 valence electrons. The Kier molecular flexibility index (Phi) is 7.18. The van der Waals surface area contributed by atoms with Crippen LogP contribution in [0.3, 0.4) is 0 Å². The molecule has 4 rings (SSSR count). The summed E-state index contributed by atoms with van der Waals surface area (Å²) in [6.07, 6.45) is 3.22. The highest BCUT2D eigenvalue weighted by Gasteiger charge is 2.28. The van der Waals surface area contributed by atoms with Gasteiger partial charge in [0.25, 0.3) is 0 Å². The zero-order valence-electron chi connectivity index (χ0n) is 20.6. The first kappa shape index (κ1) is 25.5. The summed E-state index contributed by atoms with van der Waals surface area (Å²) in [5.41, 5.74) is 3.34. The highest BCUT2D eigenvalue weighted by molar-refractivity contribution is 7.82. The lowest BCUT2D eigenvalue weighted by molar-refractivity contribution is -0.136. The Balaban J connectivity index is 1.64. The smallest absolute Gasteiger partial charge is 0.307 e. The van der Waals surface area contributed by atoms with Crippen LogP contribution in [0.5, 0.6) is 5.88 Å². The largest absolute Gasteiger partial charge is 0.481 e. The number of rotatable bonds is 9. The average Bonchev–Trinajstić information content (AvgIpc) is 3.24. The molecule has 36 heavy (non-hydrogen) atoms. The van der Waals surface area contributed by atoms with E-state index < -0.39 is 22.5 Å². The number of pyridine rings is 2. The van der Waals surface area contributed by atoms with Gasteiger partial charge < -0.3 is 9.84 Å². The second kappa shape index (κ2) is 10.2. The molecule has 0 aliphatic heterocycles. The van der Waals surface area contributed by atoms with Crippen molar-refractivity contribution in [3.8, 4) is 17.0 Å². The lowest BCUT2D eigenvalue weighted by Crippen LogP contribution is -2.34. The van der Waals surface area contributed by atoms with E-state index in [2.05, 4.69) is 15.1 Å². The minimum Gasteiger partial charge on any atom is -0.481 e. The molecule has 0 amide bonds. The molecule has 0 bridgehead atoms. The number of aliphatic carboxylic acids is 1. The number of aromatic nitrogens is 4. The van der Waals surface area contributed by atoms with Crippen LogP contribution in [0.15, 0.2) is 59.9 Å². The van der Waals surface area contributed by atoms with Crippen molar-refractivity contribution in [3.63, 3.8) is 0 Å². The number of carbonyl (C=O) groups is 1. The summed E-state index contributed by atoms with van der Waals surface area (Å²) in [7, 11) is -1.76. The SMILES string of the molecule is CC(C)c1cccc(-c2ccnc(OCC(C)(C)n3nc(S(N)=O)c4cccnc43)c2)c1CC(=O)O. The van der Waals surface area contributed by atoms with Gasteiger partial charge in [0.2, 0.25) is 5.88 Å². The lowest BCUT2D eigenvalue weighted by Gasteiger charge is -2.25. The number of hydrogen-bond donors (Lipinski definition) is 2. The van der Waals surface area contributed by atoms with Crippen LogP contribution in [0.2, 0.25) is 0 Å². The second-order valence-corrected chi connectivity index (χ2v) is 10.5. The zero-order chi connectivity index (χ0) is 26.0. The van der Waals surface area contributed by atoms with Gasteiger partial charge in [0, 0.05) is 18.5 Å². The van der Waals surface area contributed by atoms with E-state index in [0.717, 1.165) is 22.3 Å². The second-order valence-electron chi connectivity index (χ2n) is 9.47. The third kappa shape index (κ3) is 5.14. The van der Waals surface area contributed by atoms with E-state index in [1.807, 2.05) is 52.0 Å². The monoisotopic (exact) mass is 507 g/mol. The molecule has 1 aromatic carbocycles. The standard InChI is InChI=1S/C26H29N5O4S/c1-16(2)18-7-5-8-19(21(18)14-23(32)33)17-10-12-28-22(13-17)35-15-26(3,4)31-24-20(9-6-11-29-24)25(30-31)36(27)34/h5-13,16H,14-15,27H2,1-4H3,(H,32,33). The molecule has 0 aliphatic carbocycles. The van der Waals surface area contributed by atoms with Gasteiger partial charge in [0.1, 0.15) is 17.6 Å². The molecule has 3 heterocycles. The van der Waals surface area contributed by atoms with Crippen LogP contribution in [-0.2, 0) is 27.7 Å². The van der Waals surface area contributed by atoms with E-state index in [4.69, 9.17) is 9.88 Å². The summed E-state index contributed by atoms with van der Waals surface area (Å²) in [5, 5.41) is 20.5. The normalized spacial score (nSPS) is 12.7. The summed E-state index contributed by atoms with van der Waals surface area (Å²) < 4.78 is 19.8. The molecule has 9 nitrogen and oxygen atoms in total. The summed E-state index contributed by atoms with van der Waals surface area (Å²) in [6, 6.07) is 13.0. The molecule has 3 N–H and O–H groups in total. The first-order chi connectivity index (χ1) is 17.1. The maximum atomic E-state index is 12.0. The minimum atomic E-state index is -1.76. The third-order valence-electron chi connectivity index (χ3n) is 5.95. The van der Waals surface area contributed by atoms with Crippen LogP contribution >= 0.6 is 0 Å². The molecule has 0 fully saturated rings. The van der Waals surface area contributed by atoms with Gasteiger partial charge in [-0.15, -0.1) is 0 Å². The number of carboxylic acid groups (broad SMARTS) is 1. The first-order valence-corrected chi connectivity index (χ1v) is 12.7. The third-order valence-corrected chi connectivity index (χ3v) is 6.64. The summed E-state index contributed by atoms with van der Waals surface area (Å²) in [4.78, 5) is 20.4. The Bertz CT molecular complexity index is 1450. The molecular weight excluding hydrogens is 478 g/mol. The molecule has 4 aromatic rings. The Labute approximate surface area is 211 Å². The van der Waals surface area contributed by atoms with Crippen molar-refractivity contribution in [1.82, 2.24) is 19.7 Å². The lowest BCUT2D eigenvalue weighted by atomic mass is 9.89. The van der Waals surface area contributed by atoms with Crippen LogP contribution in [0.4, 0.5) is 0 Å². The fraction of sp³-hybridized carbons (Fsp3) is 0.308. The Morgan fingerprint density at radius 1 is 1.17 bits per heavy atom. The van der Waals surface area contributed by atoms with E-state index in [-0.39, 0.29) is 24.0 Å². The van der Waals surface area contributed by atoms with Gasteiger partial charge in [0.15, 0.2) is 10.7 Å². The van der Waals surface area contributed by atoms with E-state index in [1.165, 1.54) is 0 Å². The fourth-order valence-electron chi connectivity index (χ4n) is 4.23. The van der Waals surface area contributed by atoms with Crippen molar-refractivity contribution in [3.05, 3.63) is 66.0 Å². The quantitative estimate of drug-likeness (QED) is 0.349. The van der Waals surface area contributed by atoms with Gasteiger partial charge in [-0.05, 0) is 60.2 Å². The molecule has 0 aliphatic rings. The maximum absolute atomic E-state index is 12.0. The maximum Gasteiger partial charge on any atom is 0.307 e. The molecular formula is C26H29N5O4S. The summed E-state index contributed by atoms with van der Waals surface area (Å²) >= 11 is 0. The van der Waals surface area contributed by atoms with Crippen LogP contribution in [0, 0.1) is 0 Å². The molecule has 0 radical (unpaired) electrons. The number of benzene rings is 1. The summed E-state index contributed by atoms with van der Waals surface area (Å²) in [6.45, 7) is 8.15. The van der Waals surface area contributed by atoms with Gasteiger partial charge >= 0.3 is 5.97 Å². The number of nitrogens with zero attached hydrogens (tertiary/aromatic N) is 4. The number of hydrogen-bond acceptors (Lipinski definition) is 6. The Morgan fingerprint density at radius 3 is 2.64 bits per heavy atom. The number of fused-ring (bicyclic) bond motifs is 1. The van der Waals surface area contributed by atoms with Crippen molar-refractivity contribution < 1.29 is 18.8 Å². The molecule has 10 heteroatoms. The number of carboxylic acids is 1. The molecule has 1 atom stereocenters. The fourth-order valence-corrected chi connectivity index (χ4v) is 4.77. The average molecular weight is 508 g/mol. The highest BCUT2D eigenvalue weighted by atomic mass is 32.2. The van der Waals surface area contributed by atoms with Gasteiger partial charge in [-0.2, -0.15) is 5.10 Å². The van der Waals surface area contributed by atoms with E-state index in [1.54, 1.807) is 35.3 Å². The first-order valence-electron chi connectivity index (χ1n) is 11.5. The predicted octanol–water partition coefficient (Wildman–Crippen LogP) is 4.04. The molecule has 1 unspecified atom stereocenters. The minimum absolute atomic E-state index is 0.0700. The van der Waals surface area contributed by atoms with E-state index in [9.17, 15) is 14.1 Å². The van der Waals surface area contributed by atoms with Crippen LogP contribution < -0.4 is 9.88 Å². The topological polar surface area (TPSA) is 133 Å². The van der Waals surface area contributed by atoms with Crippen LogP contribution in [0.25, 0.3) is 22.2 Å². The van der Waals surface area contributed by atoms with E-state index >= 15 is 0 Å². The van der Waals surface area contributed by atoms with Crippen molar-refractivity contribution in [1.29, 1.82) is 0 Å². The van der Waals surface area contributed by atoms with Crippen LogP contribution in [-0.4, -0.2) is 41.6 Å². The molecule has 0 saturated heterocycles. The zero-order valence-corrected chi connectivity index (χ0v) is 21.5. The van der Waals surface area contributed by atoms with Crippen LogP contribution in [0.1, 0.15) is 44.7 Å². The van der Waals surface area contributed by atoms with Gasteiger partial charge in [-0.25, -0.2) is 24.0 Å². The van der Waals surface area contributed by atoms with Crippen molar-refractivity contribution in [2.45, 2.75) is 50.6 Å². The number of ether oxygens (including phenoxy) is 1.